The van der Waals surface area contributed by atoms with Crippen LogP contribution in [0.1, 0.15) is 25.7 Å². The van der Waals surface area contributed by atoms with Crippen LogP contribution in [-0.4, -0.2) is 23.0 Å². The lowest BCUT2D eigenvalue weighted by Crippen LogP contribution is -2.35. The van der Waals surface area contributed by atoms with E-state index < -0.39 is 0 Å². The summed E-state index contributed by atoms with van der Waals surface area (Å²) in [6.07, 6.45) is 4.84. The molecule has 1 aromatic heterocycles. The number of nitrogens with zero attached hydrogens (tertiary/aromatic N) is 3. The fourth-order valence-electron chi connectivity index (χ4n) is 2.66. The SMILES string of the molecule is O=[N+]([O-])c1ccc(Cl)nc1N1CCC2(CC1)CC2. The van der Waals surface area contributed by atoms with Crippen LogP contribution < -0.4 is 4.90 Å². The number of rotatable bonds is 2. The average Bonchev–Trinajstić information content (AvgIpc) is 3.09. The summed E-state index contributed by atoms with van der Waals surface area (Å²) in [5.41, 5.74) is 0.593. The molecule has 0 amide bonds. The first kappa shape index (κ1) is 11.7. The number of pyridine rings is 1. The van der Waals surface area contributed by atoms with Crippen molar-refractivity contribution in [1.82, 2.24) is 4.98 Å². The molecule has 0 N–H and O–H groups in total. The Morgan fingerprint density at radius 3 is 2.50 bits per heavy atom. The Kier molecular flexibility index (Phi) is 2.66. The molecule has 1 aromatic rings. The Hall–Kier alpha value is -1.36. The van der Waals surface area contributed by atoms with Crippen LogP contribution in [0.5, 0.6) is 0 Å². The number of anilines is 1. The summed E-state index contributed by atoms with van der Waals surface area (Å²) in [5.74, 6) is 0.419. The molecule has 96 valence electrons. The van der Waals surface area contributed by atoms with Gasteiger partial charge in [0.1, 0.15) is 5.15 Å². The molecule has 0 aromatic carbocycles. The van der Waals surface area contributed by atoms with Crippen LogP contribution in [0, 0.1) is 15.5 Å². The summed E-state index contributed by atoms with van der Waals surface area (Å²) in [4.78, 5) is 16.8. The molecule has 0 bridgehead atoms. The van der Waals surface area contributed by atoms with Crippen LogP contribution in [0.2, 0.25) is 5.15 Å². The van der Waals surface area contributed by atoms with E-state index in [9.17, 15) is 10.1 Å². The van der Waals surface area contributed by atoms with Gasteiger partial charge in [0.05, 0.1) is 4.92 Å². The fraction of sp³-hybridized carbons (Fsp3) is 0.583. The minimum atomic E-state index is -0.389. The minimum absolute atomic E-state index is 0.0474. The van der Waals surface area contributed by atoms with E-state index in [1.165, 1.54) is 25.0 Å². The van der Waals surface area contributed by atoms with Gasteiger partial charge in [-0.15, -0.1) is 0 Å². The van der Waals surface area contributed by atoms with Gasteiger partial charge in [-0.2, -0.15) is 0 Å². The Balaban J connectivity index is 1.86. The minimum Gasteiger partial charge on any atom is -0.351 e. The molecular formula is C12H14ClN3O2. The van der Waals surface area contributed by atoms with Crippen molar-refractivity contribution in [2.24, 2.45) is 5.41 Å². The van der Waals surface area contributed by atoms with Crippen molar-refractivity contribution in [3.05, 3.63) is 27.4 Å². The average molecular weight is 268 g/mol. The van der Waals surface area contributed by atoms with Crippen molar-refractivity contribution in [2.45, 2.75) is 25.7 Å². The maximum Gasteiger partial charge on any atom is 0.311 e. The summed E-state index contributed by atoms with van der Waals surface area (Å²) < 4.78 is 0. The second-order valence-corrected chi connectivity index (χ2v) is 5.61. The highest BCUT2D eigenvalue weighted by Crippen LogP contribution is 2.54. The van der Waals surface area contributed by atoms with Gasteiger partial charge in [0, 0.05) is 19.2 Å². The van der Waals surface area contributed by atoms with E-state index in [2.05, 4.69) is 4.98 Å². The van der Waals surface area contributed by atoms with E-state index in [0.29, 0.717) is 16.4 Å². The zero-order chi connectivity index (χ0) is 12.8. The van der Waals surface area contributed by atoms with Crippen LogP contribution >= 0.6 is 11.6 Å². The maximum absolute atomic E-state index is 11.0. The molecule has 18 heavy (non-hydrogen) atoms. The van der Waals surface area contributed by atoms with Crippen LogP contribution in [0.15, 0.2) is 12.1 Å². The number of hydrogen-bond acceptors (Lipinski definition) is 4. The number of aromatic nitrogens is 1. The molecule has 3 rings (SSSR count). The van der Waals surface area contributed by atoms with Crippen LogP contribution in [0.3, 0.4) is 0 Å². The van der Waals surface area contributed by atoms with Crippen molar-refractivity contribution >= 4 is 23.1 Å². The molecular weight excluding hydrogens is 254 g/mol. The molecule has 0 atom stereocenters. The van der Waals surface area contributed by atoms with Crippen molar-refractivity contribution in [3.8, 4) is 0 Å². The molecule has 0 unspecified atom stereocenters. The van der Waals surface area contributed by atoms with Gasteiger partial charge in [0.2, 0.25) is 5.82 Å². The fourth-order valence-corrected chi connectivity index (χ4v) is 2.81. The van der Waals surface area contributed by atoms with Gasteiger partial charge in [0.15, 0.2) is 0 Å². The van der Waals surface area contributed by atoms with Crippen molar-refractivity contribution in [3.63, 3.8) is 0 Å². The molecule has 2 heterocycles. The first-order valence-electron chi connectivity index (χ1n) is 6.16. The van der Waals surface area contributed by atoms with Crippen LogP contribution in [-0.2, 0) is 0 Å². The highest BCUT2D eigenvalue weighted by atomic mass is 35.5. The Morgan fingerprint density at radius 2 is 1.94 bits per heavy atom. The lowest BCUT2D eigenvalue weighted by atomic mass is 9.94. The van der Waals surface area contributed by atoms with E-state index in [1.807, 2.05) is 4.90 Å². The van der Waals surface area contributed by atoms with Gasteiger partial charge in [-0.05, 0) is 37.2 Å². The summed E-state index contributed by atoms with van der Waals surface area (Å²) in [5, 5.41) is 11.3. The molecule has 1 saturated carbocycles. The zero-order valence-corrected chi connectivity index (χ0v) is 10.7. The molecule has 1 saturated heterocycles. The second-order valence-electron chi connectivity index (χ2n) is 5.22. The van der Waals surface area contributed by atoms with Gasteiger partial charge in [-0.3, -0.25) is 10.1 Å². The van der Waals surface area contributed by atoms with Gasteiger partial charge in [-0.1, -0.05) is 11.6 Å². The summed E-state index contributed by atoms with van der Waals surface area (Å²) in [6, 6.07) is 2.90. The maximum atomic E-state index is 11.0. The quantitative estimate of drug-likeness (QED) is 0.469. The Labute approximate surface area is 110 Å². The lowest BCUT2D eigenvalue weighted by Gasteiger charge is -2.32. The largest absolute Gasteiger partial charge is 0.351 e. The zero-order valence-electron chi connectivity index (χ0n) is 9.93. The Morgan fingerprint density at radius 1 is 1.28 bits per heavy atom. The third-order valence-electron chi connectivity index (χ3n) is 4.10. The van der Waals surface area contributed by atoms with Gasteiger partial charge in [-0.25, -0.2) is 4.98 Å². The number of halogens is 1. The summed E-state index contributed by atoms with van der Waals surface area (Å²) >= 11 is 5.85. The summed E-state index contributed by atoms with van der Waals surface area (Å²) in [7, 11) is 0. The van der Waals surface area contributed by atoms with Gasteiger partial charge in [0.25, 0.3) is 0 Å². The topological polar surface area (TPSA) is 59.3 Å². The van der Waals surface area contributed by atoms with E-state index >= 15 is 0 Å². The third-order valence-corrected chi connectivity index (χ3v) is 4.31. The predicted octanol–water partition coefficient (Wildman–Crippen LogP) is 3.02. The lowest BCUT2D eigenvalue weighted by molar-refractivity contribution is -0.384. The highest BCUT2D eigenvalue weighted by molar-refractivity contribution is 6.29. The van der Waals surface area contributed by atoms with Crippen LogP contribution in [0.4, 0.5) is 11.5 Å². The summed E-state index contributed by atoms with van der Waals surface area (Å²) in [6.45, 7) is 1.68. The molecule has 0 radical (unpaired) electrons. The molecule has 1 aliphatic carbocycles. The van der Waals surface area contributed by atoms with E-state index in [4.69, 9.17) is 11.6 Å². The molecule has 6 heteroatoms. The molecule has 1 aliphatic heterocycles. The smallest absolute Gasteiger partial charge is 0.311 e. The van der Waals surface area contributed by atoms with Gasteiger partial charge >= 0.3 is 5.69 Å². The van der Waals surface area contributed by atoms with Gasteiger partial charge < -0.3 is 4.90 Å². The van der Waals surface area contributed by atoms with Crippen molar-refractivity contribution in [1.29, 1.82) is 0 Å². The van der Waals surface area contributed by atoms with E-state index in [-0.39, 0.29) is 10.6 Å². The monoisotopic (exact) mass is 267 g/mol. The van der Waals surface area contributed by atoms with E-state index in [1.54, 1.807) is 0 Å². The molecule has 2 aliphatic rings. The third kappa shape index (κ3) is 2.03. The number of nitro groups is 1. The first-order valence-corrected chi connectivity index (χ1v) is 6.53. The van der Waals surface area contributed by atoms with Crippen molar-refractivity contribution in [2.75, 3.05) is 18.0 Å². The molecule has 2 fully saturated rings. The number of piperidine rings is 1. The van der Waals surface area contributed by atoms with Crippen molar-refractivity contribution < 1.29 is 4.92 Å². The second kappa shape index (κ2) is 4.09. The van der Waals surface area contributed by atoms with E-state index in [0.717, 1.165) is 25.9 Å². The highest BCUT2D eigenvalue weighted by Gasteiger charge is 2.45. The van der Waals surface area contributed by atoms with Crippen LogP contribution in [0.25, 0.3) is 0 Å². The first-order chi connectivity index (χ1) is 8.60. The number of hydrogen-bond donors (Lipinski definition) is 0. The standard InChI is InChI=1S/C12H14ClN3O2/c13-10-2-1-9(16(17)18)11(14-10)15-7-5-12(3-4-12)6-8-15/h1-2H,3-8H2. The normalized spacial score (nSPS) is 21.1. The molecule has 1 spiro atoms. The Bertz CT molecular complexity index is 492. The predicted molar refractivity (Wildman–Crippen MR) is 69.0 cm³/mol. The molecule has 5 nitrogen and oxygen atoms in total.